The Labute approximate surface area is 124 Å². The van der Waals surface area contributed by atoms with Crippen molar-refractivity contribution in [3.63, 3.8) is 0 Å². The summed E-state index contributed by atoms with van der Waals surface area (Å²) in [7, 11) is -3.12. The Morgan fingerprint density at radius 3 is 2.19 bits per heavy atom. The molecule has 1 unspecified atom stereocenters. The second-order valence-electron chi connectivity index (χ2n) is 4.65. The standard InChI is InChI=1S/C14H19NO5S/c1-3-12(14(17)18)15-13(16)11-7-5-10(6-8-11)9-21(19,20)4-2/h5-8,12H,3-4,9H2,1-2H3,(H,15,16)(H,17,18). The normalized spacial score (nSPS) is 12.7. The van der Waals surface area contributed by atoms with Crippen LogP contribution in [0.25, 0.3) is 0 Å². The number of rotatable bonds is 7. The van der Waals surface area contributed by atoms with Gasteiger partial charge in [0.05, 0.1) is 5.75 Å². The van der Waals surface area contributed by atoms with Crippen LogP contribution in [-0.2, 0) is 20.4 Å². The summed E-state index contributed by atoms with van der Waals surface area (Å²) in [5.74, 6) is -1.59. The Morgan fingerprint density at radius 2 is 1.76 bits per heavy atom. The van der Waals surface area contributed by atoms with Crippen LogP contribution in [-0.4, -0.2) is 37.2 Å². The molecular formula is C14H19NO5S. The van der Waals surface area contributed by atoms with Gasteiger partial charge in [0.25, 0.3) is 5.91 Å². The van der Waals surface area contributed by atoms with Crippen LogP contribution in [0.5, 0.6) is 0 Å². The average molecular weight is 313 g/mol. The fourth-order valence-corrected chi connectivity index (χ4v) is 2.59. The molecule has 0 aliphatic rings. The molecule has 0 saturated carbocycles. The minimum absolute atomic E-state index is 0.0615. The molecule has 116 valence electrons. The van der Waals surface area contributed by atoms with E-state index in [1.54, 1.807) is 26.0 Å². The number of nitrogens with one attached hydrogen (secondary N) is 1. The first-order chi connectivity index (χ1) is 9.79. The minimum atomic E-state index is -3.12. The van der Waals surface area contributed by atoms with Gasteiger partial charge in [0, 0.05) is 11.3 Å². The quantitative estimate of drug-likeness (QED) is 0.788. The molecule has 0 fully saturated rings. The largest absolute Gasteiger partial charge is 0.480 e. The highest BCUT2D eigenvalue weighted by Crippen LogP contribution is 2.09. The third kappa shape index (κ3) is 5.18. The van der Waals surface area contributed by atoms with E-state index in [-0.39, 0.29) is 17.9 Å². The summed E-state index contributed by atoms with van der Waals surface area (Å²) >= 11 is 0. The molecule has 1 atom stereocenters. The number of hydrogen-bond acceptors (Lipinski definition) is 4. The zero-order valence-corrected chi connectivity index (χ0v) is 12.8. The fourth-order valence-electron chi connectivity index (χ4n) is 1.69. The molecule has 6 nitrogen and oxygen atoms in total. The smallest absolute Gasteiger partial charge is 0.326 e. The molecule has 0 saturated heterocycles. The second kappa shape index (κ2) is 7.21. The SMILES string of the molecule is CCC(NC(=O)c1ccc(CS(=O)(=O)CC)cc1)C(=O)O. The van der Waals surface area contributed by atoms with Crippen molar-refractivity contribution >= 4 is 21.7 Å². The van der Waals surface area contributed by atoms with Crippen molar-refractivity contribution in [3.8, 4) is 0 Å². The lowest BCUT2D eigenvalue weighted by atomic mass is 10.1. The van der Waals surface area contributed by atoms with Crippen LogP contribution in [0.1, 0.15) is 36.2 Å². The highest BCUT2D eigenvalue weighted by molar-refractivity contribution is 7.90. The molecule has 0 radical (unpaired) electrons. The zero-order valence-electron chi connectivity index (χ0n) is 12.0. The van der Waals surface area contributed by atoms with E-state index in [9.17, 15) is 18.0 Å². The van der Waals surface area contributed by atoms with Gasteiger partial charge in [-0.1, -0.05) is 26.0 Å². The van der Waals surface area contributed by atoms with Gasteiger partial charge >= 0.3 is 5.97 Å². The average Bonchev–Trinajstić information content (AvgIpc) is 2.44. The third-order valence-corrected chi connectivity index (χ3v) is 4.71. The number of hydrogen-bond donors (Lipinski definition) is 2. The summed E-state index contributed by atoms with van der Waals surface area (Å²) in [6.07, 6.45) is 0.286. The van der Waals surface area contributed by atoms with Gasteiger partial charge in [-0.3, -0.25) is 4.79 Å². The van der Waals surface area contributed by atoms with Gasteiger partial charge in [0.15, 0.2) is 9.84 Å². The molecule has 7 heteroatoms. The Morgan fingerprint density at radius 1 is 1.19 bits per heavy atom. The van der Waals surface area contributed by atoms with Crippen LogP contribution in [0.3, 0.4) is 0 Å². The van der Waals surface area contributed by atoms with Crippen molar-refractivity contribution in [3.05, 3.63) is 35.4 Å². The van der Waals surface area contributed by atoms with Crippen LogP contribution in [0, 0.1) is 0 Å². The van der Waals surface area contributed by atoms with E-state index in [4.69, 9.17) is 5.11 Å². The molecule has 0 bridgehead atoms. The van der Waals surface area contributed by atoms with E-state index in [2.05, 4.69) is 5.32 Å². The van der Waals surface area contributed by atoms with E-state index in [0.717, 1.165) is 0 Å². The van der Waals surface area contributed by atoms with E-state index < -0.39 is 27.8 Å². The molecule has 1 aromatic rings. The number of carbonyl (C=O) groups is 2. The third-order valence-electron chi connectivity index (χ3n) is 3.05. The van der Waals surface area contributed by atoms with Crippen LogP contribution in [0.4, 0.5) is 0 Å². The molecule has 1 rings (SSSR count). The maximum absolute atomic E-state index is 11.9. The number of amides is 1. The van der Waals surface area contributed by atoms with E-state index in [1.165, 1.54) is 12.1 Å². The summed E-state index contributed by atoms with van der Waals surface area (Å²) in [5, 5.41) is 11.3. The van der Waals surface area contributed by atoms with Crippen molar-refractivity contribution in [1.29, 1.82) is 0 Å². The Hall–Kier alpha value is -1.89. The van der Waals surface area contributed by atoms with Crippen molar-refractivity contribution in [2.24, 2.45) is 0 Å². The molecule has 1 aromatic carbocycles. The minimum Gasteiger partial charge on any atom is -0.480 e. The number of aliphatic carboxylic acids is 1. The molecule has 0 heterocycles. The van der Waals surface area contributed by atoms with Gasteiger partial charge in [-0.2, -0.15) is 0 Å². The van der Waals surface area contributed by atoms with Crippen LogP contribution >= 0.6 is 0 Å². The monoisotopic (exact) mass is 313 g/mol. The number of sulfone groups is 1. The van der Waals surface area contributed by atoms with Gasteiger partial charge in [0.1, 0.15) is 6.04 Å². The first kappa shape index (κ1) is 17.2. The van der Waals surface area contributed by atoms with Crippen LogP contribution in [0.15, 0.2) is 24.3 Å². The van der Waals surface area contributed by atoms with Crippen molar-refractivity contribution in [2.75, 3.05) is 5.75 Å². The number of carboxylic acids is 1. The fraction of sp³-hybridized carbons (Fsp3) is 0.429. The lowest BCUT2D eigenvalue weighted by molar-refractivity contribution is -0.139. The summed E-state index contributed by atoms with van der Waals surface area (Å²) in [6, 6.07) is 5.17. The Kier molecular flexibility index (Phi) is 5.90. The summed E-state index contributed by atoms with van der Waals surface area (Å²) in [5.41, 5.74) is 0.894. The molecule has 21 heavy (non-hydrogen) atoms. The summed E-state index contributed by atoms with van der Waals surface area (Å²) in [4.78, 5) is 22.7. The first-order valence-electron chi connectivity index (χ1n) is 6.62. The molecular weight excluding hydrogens is 294 g/mol. The van der Waals surface area contributed by atoms with E-state index in [0.29, 0.717) is 11.1 Å². The molecule has 0 aromatic heterocycles. The summed E-state index contributed by atoms with van der Waals surface area (Å²) in [6.45, 7) is 3.24. The van der Waals surface area contributed by atoms with E-state index >= 15 is 0 Å². The lowest BCUT2D eigenvalue weighted by Crippen LogP contribution is -2.40. The zero-order chi connectivity index (χ0) is 16.0. The van der Waals surface area contributed by atoms with Crippen molar-refractivity contribution in [2.45, 2.75) is 32.1 Å². The number of carboxylic acid groups (broad SMARTS) is 1. The molecule has 1 amide bonds. The van der Waals surface area contributed by atoms with Gasteiger partial charge in [0.2, 0.25) is 0 Å². The predicted octanol–water partition coefficient (Wildman–Crippen LogP) is 1.21. The maximum atomic E-state index is 11.9. The first-order valence-corrected chi connectivity index (χ1v) is 8.44. The Balaban J connectivity index is 2.78. The van der Waals surface area contributed by atoms with Crippen molar-refractivity contribution < 1.29 is 23.1 Å². The number of carbonyl (C=O) groups excluding carboxylic acids is 1. The predicted molar refractivity (Wildman–Crippen MR) is 78.8 cm³/mol. The van der Waals surface area contributed by atoms with Gasteiger partial charge in [-0.05, 0) is 24.1 Å². The second-order valence-corrected chi connectivity index (χ2v) is 7.00. The van der Waals surface area contributed by atoms with Gasteiger partial charge in [-0.25, -0.2) is 13.2 Å². The lowest BCUT2D eigenvalue weighted by Gasteiger charge is -2.12. The summed E-state index contributed by atoms with van der Waals surface area (Å²) < 4.78 is 23.0. The molecule has 0 spiro atoms. The highest BCUT2D eigenvalue weighted by atomic mass is 32.2. The van der Waals surface area contributed by atoms with E-state index in [1.807, 2.05) is 0 Å². The van der Waals surface area contributed by atoms with Crippen LogP contribution < -0.4 is 5.32 Å². The molecule has 0 aliphatic carbocycles. The van der Waals surface area contributed by atoms with Gasteiger partial charge in [-0.15, -0.1) is 0 Å². The maximum Gasteiger partial charge on any atom is 0.326 e. The molecule has 2 N–H and O–H groups in total. The molecule has 0 aliphatic heterocycles. The van der Waals surface area contributed by atoms with Crippen LogP contribution in [0.2, 0.25) is 0 Å². The van der Waals surface area contributed by atoms with Gasteiger partial charge < -0.3 is 10.4 Å². The topological polar surface area (TPSA) is 101 Å². The highest BCUT2D eigenvalue weighted by Gasteiger charge is 2.18. The Bertz CT molecular complexity index is 607. The van der Waals surface area contributed by atoms with Crippen molar-refractivity contribution in [1.82, 2.24) is 5.32 Å². The number of benzene rings is 1.